The van der Waals surface area contributed by atoms with Gasteiger partial charge in [0, 0.05) is 13.0 Å². The summed E-state index contributed by atoms with van der Waals surface area (Å²) in [5.74, 6) is 0.940. The number of carbonyl (C=O) groups is 1. The summed E-state index contributed by atoms with van der Waals surface area (Å²) in [6.07, 6.45) is 0.842. The molecule has 0 N–H and O–H groups in total. The molecule has 1 aliphatic carbocycles. The number of carbonyl (C=O) groups excluding carboxylic acids is 1. The van der Waals surface area contributed by atoms with Crippen LogP contribution in [0.15, 0.2) is 54.6 Å². The summed E-state index contributed by atoms with van der Waals surface area (Å²) >= 11 is 0. The molecule has 1 amide bonds. The van der Waals surface area contributed by atoms with Crippen LogP contribution in [0.4, 0.5) is 4.39 Å². The number of rotatable bonds is 6. The Labute approximate surface area is 135 Å². The molecule has 23 heavy (non-hydrogen) atoms. The Bertz CT molecular complexity index is 657. The minimum atomic E-state index is -0.243. The number of hydrogen-bond acceptors (Lipinski definition) is 2. The van der Waals surface area contributed by atoms with Crippen LogP contribution in [0, 0.1) is 11.7 Å². The molecule has 2 unspecified atom stereocenters. The van der Waals surface area contributed by atoms with Gasteiger partial charge in [0.25, 0.3) is 0 Å². The van der Waals surface area contributed by atoms with E-state index in [0.29, 0.717) is 13.2 Å². The van der Waals surface area contributed by atoms with Crippen molar-refractivity contribution in [1.82, 2.24) is 4.90 Å². The lowest BCUT2D eigenvalue weighted by molar-refractivity contribution is -0.131. The maximum absolute atomic E-state index is 12.9. The molecular formula is C19H20FNO2. The minimum absolute atomic E-state index is 0.0159. The van der Waals surface area contributed by atoms with Crippen LogP contribution in [0.3, 0.4) is 0 Å². The number of nitrogens with zero attached hydrogens (tertiary/aromatic N) is 1. The van der Waals surface area contributed by atoms with Crippen LogP contribution >= 0.6 is 0 Å². The average Bonchev–Trinajstić information content (AvgIpc) is 3.36. The van der Waals surface area contributed by atoms with E-state index >= 15 is 0 Å². The highest BCUT2D eigenvalue weighted by molar-refractivity contribution is 5.82. The molecule has 1 aliphatic rings. The first-order chi connectivity index (χ1) is 11.1. The Morgan fingerprint density at radius 2 is 1.87 bits per heavy atom. The zero-order valence-corrected chi connectivity index (χ0v) is 13.1. The lowest BCUT2D eigenvalue weighted by atomic mass is 10.1. The Morgan fingerprint density at radius 1 is 1.17 bits per heavy atom. The topological polar surface area (TPSA) is 29.5 Å². The van der Waals surface area contributed by atoms with Gasteiger partial charge in [0.2, 0.25) is 5.91 Å². The van der Waals surface area contributed by atoms with Gasteiger partial charge in [-0.1, -0.05) is 30.3 Å². The molecule has 3 rings (SSSR count). The molecule has 1 saturated carbocycles. The second kappa shape index (κ2) is 6.82. The standard InChI is InChI=1S/C19H20FNO2/c1-21(11-12-23-16-5-3-2-4-6-16)19(22)18-13-17(18)14-7-9-15(20)10-8-14/h2-10,17-18H,11-13H2,1H3. The summed E-state index contributed by atoms with van der Waals surface area (Å²) in [6, 6.07) is 16.0. The van der Waals surface area contributed by atoms with Gasteiger partial charge in [-0.05, 0) is 42.2 Å². The summed E-state index contributed by atoms with van der Waals surface area (Å²) in [4.78, 5) is 14.1. The van der Waals surface area contributed by atoms with Crippen LogP contribution in [0.5, 0.6) is 5.75 Å². The fourth-order valence-electron chi connectivity index (χ4n) is 2.76. The Balaban J connectivity index is 1.46. The molecule has 1 fully saturated rings. The molecule has 120 valence electrons. The van der Waals surface area contributed by atoms with Crippen molar-refractivity contribution >= 4 is 5.91 Å². The Hall–Kier alpha value is -2.36. The fraction of sp³-hybridized carbons (Fsp3) is 0.316. The van der Waals surface area contributed by atoms with E-state index < -0.39 is 0 Å². The molecule has 0 bridgehead atoms. The summed E-state index contributed by atoms with van der Waals surface area (Å²) < 4.78 is 18.6. The molecule has 0 radical (unpaired) electrons. The van der Waals surface area contributed by atoms with E-state index in [-0.39, 0.29) is 23.6 Å². The molecule has 0 aromatic heterocycles. The van der Waals surface area contributed by atoms with Crippen molar-refractivity contribution in [2.75, 3.05) is 20.2 Å². The van der Waals surface area contributed by atoms with E-state index in [1.54, 1.807) is 24.1 Å². The number of amides is 1. The van der Waals surface area contributed by atoms with Gasteiger partial charge >= 0.3 is 0 Å². The van der Waals surface area contributed by atoms with Crippen LogP contribution in [-0.4, -0.2) is 31.0 Å². The van der Waals surface area contributed by atoms with E-state index in [4.69, 9.17) is 4.74 Å². The molecule has 4 heteroatoms. The molecule has 2 aromatic rings. The highest BCUT2D eigenvalue weighted by atomic mass is 19.1. The quantitative estimate of drug-likeness (QED) is 0.817. The van der Waals surface area contributed by atoms with E-state index in [9.17, 15) is 9.18 Å². The van der Waals surface area contributed by atoms with Crippen LogP contribution in [-0.2, 0) is 4.79 Å². The molecule has 0 spiro atoms. The molecule has 0 aliphatic heterocycles. The lowest BCUT2D eigenvalue weighted by Gasteiger charge is -2.17. The molecule has 0 heterocycles. The zero-order chi connectivity index (χ0) is 16.2. The van der Waals surface area contributed by atoms with Gasteiger partial charge in [-0.25, -0.2) is 4.39 Å². The molecular weight excluding hydrogens is 293 g/mol. The summed E-state index contributed by atoms with van der Waals surface area (Å²) in [6.45, 7) is 1.03. The first kappa shape index (κ1) is 15.5. The third-order valence-electron chi connectivity index (χ3n) is 4.22. The second-order valence-electron chi connectivity index (χ2n) is 5.92. The first-order valence-electron chi connectivity index (χ1n) is 7.83. The van der Waals surface area contributed by atoms with Gasteiger partial charge in [-0.15, -0.1) is 0 Å². The molecule has 0 saturated heterocycles. The average molecular weight is 313 g/mol. The third kappa shape index (κ3) is 3.89. The molecule has 2 atom stereocenters. The fourth-order valence-corrected chi connectivity index (χ4v) is 2.76. The van der Waals surface area contributed by atoms with Gasteiger partial charge in [-0.3, -0.25) is 4.79 Å². The van der Waals surface area contributed by atoms with Crippen molar-refractivity contribution in [1.29, 1.82) is 0 Å². The van der Waals surface area contributed by atoms with Crippen molar-refractivity contribution in [3.05, 3.63) is 66.0 Å². The number of likely N-dealkylation sites (N-methyl/N-ethyl adjacent to an activating group) is 1. The van der Waals surface area contributed by atoms with E-state index in [1.165, 1.54) is 12.1 Å². The Morgan fingerprint density at radius 3 is 2.57 bits per heavy atom. The Kier molecular flexibility index (Phi) is 4.60. The molecule has 2 aromatic carbocycles. The van der Waals surface area contributed by atoms with Gasteiger partial charge in [0.15, 0.2) is 0 Å². The first-order valence-corrected chi connectivity index (χ1v) is 7.83. The van der Waals surface area contributed by atoms with Crippen LogP contribution < -0.4 is 4.74 Å². The number of para-hydroxylation sites is 1. The normalized spacial score (nSPS) is 19.2. The summed E-state index contributed by atoms with van der Waals surface area (Å²) in [5, 5.41) is 0. The number of ether oxygens (including phenoxy) is 1. The van der Waals surface area contributed by atoms with E-state index in [0.717, 1.165) is 17.7 Å². The van der Waals surface area contributed by atoms with Crippen molar-refractivity contribution < 1.29 is 13.9 Å². The molecule has 3 nitrogen and oxygen atoms in total. The van der Waals surface area contributed by atoms with E-state index in [1.807, 2.05) is 30.3 Å². The largest absolute Gasteiger partial charge is 0.492 e. The predicted octanol–water partition coefficient (Wildman–Crippen LogP) is 3.47. The smallest absolute Gasteiger partial charge is 0.226 e. The highest BCUT2D eigenvalue weighted by Crippen LogP contribution is 2.48. The van der Waals surface area contributed by atoms with Gasteiger partial charge in [0.1, 0.15) is 18.2 Å². The van der Waals surface area contributed by atoms with Gasteiger partial charge in [0.05, 0.1) is 6.54 Å². The maximum Gasteiger partial charge on any atom is 0.226 e. The van der Waals surface area contributed by atoms with Crippen molar-refractivity contribution in [3.63, 3.8) is 0 Å². The number of benzene rings is 2. The van der Waals surface area contributed by atoms with Crippen molar-refractivity contribution in [2.45, 2.75) is 12.3 Å². The number of hydrogen-bond donors (Lipinski definition) is 0. The minimum Gasteiger partial charge on any atom is -0.492 e. The van der Waals surface area contributed by atoms with Crippen LogP contribution in [0.2, 0.25) is 0 Å². The van der Waals surface area contributed by atoms with Gasteiger partial charge < -0.3 is 9.64 Å². The van der Waals surface area contributed by atoms with Crippen molar-refractivity contribution in [2.24, 2.45) is 5.92 Å². The summed E-state index contributed by atoms with van der Waals surface area (Å²) in [7, 11) is 1.80. The number of halogens is 1. The second-order valence-corrected chi connectivity index (χ2v) is 5.92. The van der Waals surface area contributed by atoms with Crippen LogP contribution in [0.25, 0.3) is 0 Å². The maximum atomic E-state index is 12.9. The highest BCUT2D eigenvalue weighted by Gasteiger charge is 2.45. The summed E-state index contributed by atoms with van der Waals surface area (Å²) in [5.41, 5.74) is 1.04. The van der Waals surface area contributed by atoms with E-state index in [2.05, 4.69) is 0 Å². The van der Waals surface area contributed by atoms with Crippen molar-refractivity contribution in [3.8, 4) is 5.75 Å². The lowest BCUT2D eigenvalue weighted by Crippen LogP contribution is -2.32. The SMILES string of the molecule is CN(CCOc1ccccc1)C(=O)C1CC1c1ccc(F)cc1. The van der Waals surface area contributed by atoms with Crippen LogP contribution in [0.1, 0.15) is 17.9 Å². The zero-order valence-electron chi connectivity index (χ0n) is 13.1. The monoisotopic (exact) mass is 313 g/mol. The third-order valence-corrected chi connectivity index (χ3v) is 4.22. The predicted molar refractivity (Wildman–Crippen MR) is 86.8 cm³/mol. The van der Waals surface area contributed by atoms with Gasteiger partial charge in [-0.2, -0.15) is 0 Å².